The Morgan fingerprint density at radius 3 is 2.72 bits per heavy atom. The van der Waals surface area contributed by atoms with Gasteiger partial charge in [0.05, 0.1) is 5.92 Å². The highest BCUT2D eigenvalue weighted by Gasteiger charge is 2.32. The topological polar surface area (TPSA) is 63.4 Å². The lowest BCUT2D eigenvalue weighted by atomic mass is 9.92. The molecule has 3 atom stereocenters. The van der Waals surface area contributed by atoms with E-state index in [4.69, 9.17) is 5.73 Å². The predicted molar refractivity (Wildman–Crippen MR) is 69.6 cm³/mol. The minimum atomic E-state index is -0.277. The fourth-order valence-electron chi connectivity index (χ4n) is 2.89. The molecule has 1 fully saturated rings. The minimum absolute atomic E-state index is 0.163. The Hall–Kier alpha value is -1.32. The summed E-state index contributed by atoms with van der Waals surface area (Å²) in [5.74, 6) is 0.119. The molecular formula is C14H22N2O2. The highest BCUT2D eigenvalue weighted by atomic mass is 16.2. The number of nitrogens with zero attached hydrogens (tertiary/aromatic N) is 1. The van der Waals surface area contributed by atoms with Crippen molar-refractivity contribution in [3.05, 3.63) is 12.2 Å². The normalized spacial score (nSPS) is 31.6. The van der Waals surface area contributed by atoms with Gasteiger partial charge in [0.25, 0.3) is 0 Å². The molecule has 0 unspecified atom stereocenters. The average molecular weight is 250 g/mol. The summed E-state index contributed by atoms with van der Waals surface area (Å²) in [6.45, 7) is 2.56. The molecule has 100 valence electrons. The summed E-state index contributed by atoms with van der Waals surface area (Å²) in [6, 6.07) is 0.235. The molecule has 0 spiro atoms. The van der Waals surface area contributed by atoms with Crippen LogP contribution in [0.4, 0.5) is 0 Å². The van der Waals surface area contributed by atoms with Crippen LogP contribution in [0.25, 0.3) is 0 Å². The van der Waals surface area contributed by atoms with Gasteiger partial charge < -0.3 is 10.6 Å². The number of primary amides is 1. The van der Waals surface area contributed by atoms with Gasteiger partial charge in [0.2, 0.25) is 11.8 Å². The smallest absolute Gasteiger partial charge is 0.223 e. The van der Waals surface area contributed by atoms with Gasteiger partial charge in [-0.25, -0.2) is 0 Å². The quantitative estimate of drug-likeness (QED) is 0.771. The molecule has 2 amide bonds. The molecule has 18 heavy (non-hydrogen) atoms. The van der Waals surface area contributed by atoms with E-state index in [-0.39, 0.29) is 23.8 Å². The van der Waals surface area contributed by atoms with E-state index in [1.54, 1.807) is 0 Å². The van der Waals surface area contributed by atoms with Crippen molar-refractivity contribution in [1.29, 1.82) is 0 Å². The van der Waals surface area contributed by atoms with E-state index in [9.17, 15) is 9.59 Å². The molecular weight excluding hydrogens is 228 g/mol. The van der Waals surface area contributed by atoms with Crippen LogP contribution in [0.5, 0.6) is 0 Å². The average Bonchev–Trinajstić information content (AvgIpc) is 2.81. The third kappa shape index (κ3) is 2.92. The molecule has 0 aromatic carbocycles. The Morgan fingerprint density at radius 2 is 2.11 bits per heavy atom. The molecule has 2 rings (SSSR count). The number of allylic oxidation sites excluding steroid dienone is 2. The monoisotopic (exact) mass is 250 g/mol. The van der Waals surface area contributed by atoms with Crippen molar-refractivity contribution in [3.63, 3.8) is 0 Å². The number of amides is 2. The fraction of sp³-hybridized carbons (Fsp3) is 0.714. The maximum absolute atomic E-state index is 12.3. The summed E-state index contributed by atoms with van der Waals surface area (Å²) >= 11 is 0. The molecule has 1 aliphatic heterocycles. The van der Waals surface area contributed by atoms with Crippen LogP contribution in [0, 0.1) is 11.8 Å². The van der Waals surface area contributed by atoms with Crippen molar-refractivity contribution in [2.24, 2.45) is 17.6 Å². The summed E-state index contributed by atoms with van der Waals surface area (Å²) in [7, 11) is 0. The Morgan fingerprint density at radius 1 is 1.33 bits per heavy atom. The van der Waals surface area contributed by atoms with Gasteiger partial charge in [-0.15, -0.1) is 0 Å². The first-order chi connectivity index (χ1) is 8.58. The standard InChI is InChI=1S/C14H22N2O2/c1-10-6-7-12(14(15)18)9-16(10)13(17)8-11-4-2-3-5-11/h2,4,10-12H,3,5-9H2,1H3,(H2,15,18)/t10-,11-,12-/m1/s1. The van der Waals surface area contributed by atoms with E-state index in [0.29, 0.717) is 18.9 Å². The van der Waals surface area contributed by atoms with Crippen LogP contribution >= 0.6 is 0 Å². The van der Waals surface area contributed by atoms with Crippen molar-refractivity contribution in [3.8, 4) is 0 Å². The lowest BCUT2D eigenvalue weighted by Gasteiger charge is -2.37. The van der Waals surface area contributed by atoms with Crippen LogP contribution in [-0.2, 0) is 9.59 Å². The number of hydrogen-bond donors (Lipinski definition) is 1. The molecule has 1 aliphatic carbocycles. The summed E-state index contributed by atoms with van der Waals surface area (Å²) in [5, 5.41) is 0. The van der Waals surface area contributed by atoms with E-state index in [2.05, 4.69) is 19.1 Å². The number of nitrogens with two attached hydrogens (primary N) is 1. The molecule has 0 radical (unpaired) electrons. The van der Waals surface area contributed by atoms with Crippen LogP contribution in [-0.4, -0.2) is 29.3 Å². The maximum atomic E-state index is 12.3. The first-order valence-electron chi connectivity index (χ1n) is 6.83. The number of likely N-dealkylation sites (tertiary alicyclic amines) is 1. The molecule has 0 aromatic heterocycles. The van der Waals surface area contributed by atoms with Crippen molar-refractivity contribution >= 4 is 11.8 Å². The maximum Gasteiger partial charge on any atom is 0.223 e. The largest absolute Gasteiger partial charge is 0.369 e. The zero-order valence-corrected chi connectivity index (χ0v) is 11.0. The highest BCUT2D eigenvalue weighted by Crippen LogP contribution is 2.26. The lowest BCUT2D eigenvalue weighted by molar-refractivity contribution is -0.138. The van der Waals surface area contributed by atoms with E-state index in [0.717, 1.165) is 25.7 Å². The molecule has 2 N–H and O–H groups in total. The Kier molecular flexibility index (Phi) is 4.04. The first-order valence-corrected chi connectivity index (χ1v) is 6.83. The lowest BCUT2D eigenvalue weighted by Crippen LogP contribution is -2.48. The SMILES string of the molecule is C[C@@H]1CC[C@@H](C(N)=O)CN1C(=O)C[C@@H]1C=CCC1. The van der Waals surface area contributed by atoms with Gasteiger partial charge in [-0.05, 0) is 38.5 Å². The molecule has 4 heteroatoms. The van der Waals surface area contributed by atoms with E-state index in [1.165, 1.54) is 0 Å². The fourth-order valence-corrected chi connectivity index (χ4v) is 2.89. The van der Waals surface area contributed by atoms with Gasteiger partial charge in [-0.3, -0.25) is 9.59 Å². The molecule has 0 bridgehead atoms. The first kappa shape index (κ1) is 13.1. The zero-order chi connectivity index (χ0) is 13.1. The van der Waals surface area contributed by atoms with Gasteiger partial charge in [0.15, 0.2) is 0 Å². The number of rotatable bonds is 3. The highest BCUT2D eigenvalue weighted by molar-refractivity contribution is 5.80. The van der Waals surface area contributed by atoms with Crippen LogP contribution in [0.3, 0.4) is 0 Å². The predicted octanol–water partition coefficient (Wildman–Crippen LogP) is 1.46. The van der Waals surface area contributed by atoms with Crippen LogP contribution in [0.2, 0.25) is 0 Å². The van der Waals surface area contributed by atoms with Crippen molar-refractivity contribution in [1.82, 2.24) is 4.90 Å². The minimum Gasteiger partial charge on any atom is -0.369 e. The molecule has 0 aromatic rings. The second-order valence-electron chi connectivity index (χ2n) is 5.54. The van der Waals surface area contributed by atoms with Crippen molar-refractivity contribution in [2.75, 3.05) is 6.54 Å². The summed E-state index contributed by atoms with van der Waals surface area (Å²) < 4.78 is 0. The van der Waals surface area contributed by atoms with Gasteiger partial charge in [-0.1, -0.05) is 12.2 Å². The van der Waals surface area contributed by atoms with E-state index < -0.39 is 0 Å². The van der Waals surface area contributed by atoms with E-state index in [1.807, 2.05) is 4.90 Å². The molecule has 2 aliphatic rings. The summed E-state index contributed by atoms with van der Waals surface area (Å²) in [5.41, 5.74) is 5.35. The van der Waals surface area contributed by atoms with Crippen LogP contribution < -0.4 is 5.73 Å². The zero-order valence-electron chi connectivity index (χ0n) is 11.0. The Labute approximate surface area is 108 Å². The van der Waals surface area contributed by atoms with Gasteiger partial charge in [0.1, 0.15) is 0 Å². The molecule has 1 saturated heterocycles. The Bertz CT molecular complexity index is 365. The van der Waals surface area contributed by atoms with Gasteiger partial charge in [0, 0.05) is 19.0 Å². The Balaban J connectivity index is 1.94. The van der Waals surface area contributed by atoms with Gasteiger partial charge in [-0.2, -0.15) is 0 Å². The van der Waals surface area contributed by atoms with Crippen molar-refractivity contribution < 1.29 is 9.59 Å². The van der Waals surface area contributed by atoms with Gasteiger partial charge >= 0.3 is 0 Å². The molecule has 1 heterocycles. The van der Waals surface area contributed by atoms with Crippen molar-refractivity contribution in [2.45, 2.75) is 45.1 Å². The molecule has 4 nitrogen and oxygen atoms in total. The molecule has 0 saturated carbocycles. The number of carbonyl (C=O) groups is 2. The summed E-state index contributed by atoms with van der Waals surface area (Å²) in [6.07, 6.45) is 8.70. The number of carbonyl (C=O) groups excluding carboxylic acids is 2. The number of piperidine rings is 1. The van der Waals surface area contributed by atoms with Crippen LogP contribution in [0.15, 0.2) is 12.2 Å². The van der Waals surface area contributed by atoms with Crippen LogP contribution in [0.1, 0.15) is 39.0 Å². The second kappa shape index (κ2) is 5.55. The van der Waals surface area contributed by atoms with E-state index >= 15 is 0 Å². The second-order valence-corrected chi connectivity index (χ2v) is 5.54. The third-order valence-electron chi connectivity index (χ3n) is 4.15. The number of hydrogen-bond acceptors (Lipinski definition) is 2. The third-order valence-corrected chi connectivity index (χ3v) is 4.15. The summed E-state index contributed by atoms with van der Waals surface area (Å²) in [4.78, 5) is 25.4.